The van der Waals surface area contributed by atoms with E-state index in [1.54, 1.807) is 0 Å². The van der Waals surface area contributed by atoms with Crippen LogP contribution in [0.15, 0.2) is 18.2 Å². The van der Waals surface area contributed by atoms with Gasteiger partial charge in [0, 0.05) is 23.8 Å². The Morgan fingerprint density at radius 3 is 2.83 bits per heavy atom. The second kappa shape index (κ2) is 6.03. The first-order valence-corrected chi connectivity index (χ1v) is 7.08. The Morgan fingerprint density at radius 2 is 2.17 bits per heavy atom. The molecule has 1 aliphatic heterocycles. The standard InChI is InChI=1S/C16H23NO/c1-3-15-7-5-4-6-10-17(15)16-9-8-14(12-18)11-13(16)2/h8-9,11-12,15H,3-7,10H2,1-2H3. The van der Waals surface area contributed by atoms with Crippen molar-refractivity contribution in [3.8, 4) is 0 Å². The van der Waals surface area contributed by atoms with Crippen LogP contribution in [-0.4, -0.2) is 18.9 Å². The molecular weight excluding hydrogens is 222 g/mol. The number of benzene rings is 1. The minimum absolute atomic E-state index is 0.660. The van der Waals surface area contributed by atoms with Crippen molar-refractivity contribution < 1.29 is 4.79 Å². The molecule has 0 spiro atoms. The van der Waals surface area contributed by atoms with Gasteiger partial charge in [-0.2, -0.15) is 0 Å². The van der Waals surface area contributed by atoms with Gasteiger partial charge in [0.25, 0.3) is 0 Å². The Kier molecular flexibility index (Phi) is 4.40. The average Bonchev–Trinajstić information content (AvgIpc) is 2.63. The molecule has 1 unspecified atom stereocenters. The highest BCUT2D eigenvalue weighted by Gasteiger charge is 2.20. The fourth-order valence-corrected chi connectivity index (χ4v) is 2.99. The smallest absolute Gasteiger partial charge is 0.150 e. The number of hydrogen-bond acceptors (Lipinski definition) is 2. The minimum atomic E-state index is 0.660. The van der Waals surface area contributed by atoms with Crippen molar-refractivity contribution in [2.45, 2.75) is 52.0 Å². The largest absolute Gasteiger partial charge is 0.368 e. The number of anilines is 1. The lowest BCUT2D eigenvalue weighted by Crippen LogP contribution is -2.34. The number of aryl methyl sites for hydroxylation is 1. The quantitative estimate of drug-likeness (QED) is 0.751. The Bertz CT molecular complexity index is 414. The monoisotopic (exact) mass is 245 g/mol. The molecule has 0 amide bonds. The molecule has 2 rings (SSSR count). The molecule has 1 aromatic rings. The summed E-state index contributed by atoms with van der Waals surface area (Å²) in [7, 11) is 0. The summed E-state index contributed by atoms with van der Waals surface area (Å²) in [5, 5.41) is 0. The van der Waals surface area contributed by atoms with E-state index in [1.165, 1.54) is 43.4 Å². The molecule has 1 heterocycles. The normalized spacial score (nSPS) is 20.6. The highest BCUT2D eigenvalue weighted by atomic mass is 16.1. The first-order chi connectivity index (χ1) is 8.76. The average molecular weight is 245 g/mol. The molecule has 2 heteroatoms. The third-order valence-electron chi connectivity index (χ3n) is 4.01. The summed E-state index contributed by atoms with van der Waals surface area (Å²) in [4.78, 5) is 13.4. The molecule has 1 saturated heterocycles. The molecule has 0 aromatic heterocycles. The van der Waals surface area contributed by atoms with E-state index in [4.69, 9.17) is 0 Å². The molecule has 98 valence electrons. The van der Waals surface area contributed by atoms with Crippen LogP contribution in [0.3, 0.4) is 0 Å². The Balaban J connectivity index is 2.29. The van der Waals surface area contributed by atoms with Crippen molar-refractivity contribution >= 4 is 12.0 Å². The summed E-state index contributed by atoms with van der Waals surface area (Å²) in [5.74, 6) is 0. The summed E-state index contributed by atoms with van der Waals surface area (Å²) < 4.78 is 0. The summed E-state index contributed by atoms with van der Waals surface area (Å²) in [6.07, 6.45) is 7.40. The van der Waals surface area contributed by atoms with Crippen molar-refractivity contribution in [3.63, 3.8) is 0 Å². The lowest BCUT2D eigenvalue weighted by atomic mass is 10.0. The van der Waals surface area contributed by atoms with E-state index in [1.807, 2.05) is 12.1 Å². The highest BCUT2D eigenvalue weighted by Crippen LogP contribution is 2.28. The number of carbonyl (C=O) groups excluding carboxylic acids is 1. The summed E-state index contributed by atoms with van der Waals surface area (Å²) in [6, 6.07) is 6.72. The maximum Gasteiger partial charge on any atom is 0.150 e. The van der Waals surface area contributed by atoms with Gasteiger partial charge >= 0.3 is 0 Å². The predicted octanol–water partition coefficient (Wildman–Crippen LogP) is 3.97. The van der Waals surface area contributed by atoms with E-state index in [9.17, 15) is 4.79 Å². The molecular formula is C16H23NO. The van der Waals surface area contributed by atoms with Gasteiger partial charge in [0.1, 0.15) is 6.29 Å². The van der Waals surface area contributed by atoms with Gasteiger partial charge in [0.05, 0.1) is 0 Å². The van der Waals surface area contributed by atoms with Gasteiger partial charge in [0.15, 0.2) is 0 Å². The molecule has 1 aliphatic rings. The lowest BCUT2D eigenvalue weighted by Gasteiger charge is -2.32. The third kappa shape index (κ3) is 2.74. The van der Waals surface area contributed by atoms with Gasteiger partial charge in [-0.1, -0.05) is 19.8 Å². The SMILES string of the molecule is CCC1CCCCCN1c1ccc(C=O)cc1C. The predicted molar refractivity (Wildman–Crippen MR) is 76.5 cm³/mol. The summed E-state index contributed by atoms with van der Waals surface area (Å²) >= 11 is 0. The summed E-state index contributed by atoms with van der Waals surface area (Å²) in [6.45, 7) is 5.54. The van der Waals surface area contributed by atoms with Crippen molar-refractivity contribution in [1.29, 1.82) is 0 Å². The molecule has 1 fully saturated rings. The Hall–Kier alpha value is -1.31. The fraction of sp³-hybridized carbons (Fsp3) is 0.562. The van der Waals surface area contributed by atoms with Gasteiger partial charge in [-0.15, -0.1) is 0 Å². The van der Waals surface area contributed by atoms with Gasteiger partial charge < -0.3 is 4.90 Å². The fourth-order valence-electron chi connectivity index (χ4n) is 2.99. The van der Waals surface area contributed by atoms with Crippen molar-refractivity contribution in [2.75, 3.05) is 11.4 Å². The molecule has 1 aromatic carbocycles. The van der Waals surface area contributed by atoms with Crippen LogP contribution in [0.2, 0.25) is 0 Å². The Labute approximate surface area is 110 Å². The molecule has 0 radical (unpaired) electrons. The number of hydrogen-bond donors (Lipinski definition) is 0. The van der Waals surface area contributed by atoms with E-state index in [2.05, 4.69) is 24.8 Å². The van der Waals surface area contributed by atoms with Crippen LogP contribution in [0, 0.1) is 6.92 Å². The number of carbonyl (C=O) groups is 1. The van der Waals surface area contributed by atoms with Crippen molar-refractivity contribution in [3.05, 3.63) is 29.3 Å². The van der Waals surface area contributed by atoms with Crippen LogP contribution in [0.25, 0.3) is 0 Å². The van der Waals surface area contributed by atoms with Crippen LogP contribution in [0.5, 0.6) is 0 Å². The second-order valence-electron chi connectivity index (χ2n) is 5.27. The number of rotatable bonds is 3. The number of aldehydes is 1. The third-order valence-corrected chi connectivity index (χ3v) is 4.01. The molecule has 2 nitrogen and oxygen atoms in total. The van der Waals surface area contributed by atoms with E-state index < -0.39 is 0 Å². The van der Waals surface area contributed by atoms with E-state index >= 15 is 0 Å². The molecule has 0 saturated carbocycles. The molecule has 1 atom stereocenters. The zero-order valence-corrected chi connectivity index (χ0v) is 11.5. The Morgan fingerprint density at radius 1 is 1.33 bits per heavy atom. The van der Waals surface area contributed by atoms with E-state index in [0.29, 0.717) is 6.04 Å². The van der Waals surface area contributed by atoms with Crippen molar-refractivity contribution in [1.82, 2.24) is 0 Å². The van der Waals surface area contributed by atoms with E-state index in [-0.39, 0.29) is 0 Å². The minimum Gasteiger partial charge on any atom is -0.368 e. The zero-order chi connectivity index (χ0) is 13.0. The summed E-state index contributed by atoms with van der Waals surface area (Å²) in [5.41, 5.74) is 3.31. The van der Waals surface area contributed by atoms with Gasteiger partial charge in [-0.25, -0.2) is 0 Å². The van der Waals surface area contributed by atoms with Crippen LogP contribution in [-0.2, 0) is 0 Å². The van der Waals surface area contributed by atoms with Crippen LogP contribution >= 0.6 is 0 Å². The first-order valence-electron chi connectivity index (χ1n) is 7.08. The molecule has 0 N–H and O–H groups in total. The number of nitrogens with zero attached hydrogens (tertiary/aromatic N) is 1. The van der Waals surface area contributed by atoms with Crippen LogP contribution < -0.4 is 4.90 Å². The zero-order valence-electron chi connectivity index (χ0n) is 11.5. The maximum atomic E-state index is 10.8. The topological polar surface area (TPSA) is 20.3 Å². The maximum absolute atomic E-state index is 10.8. The van der Waals surface area contributed by atoms with Gasteiger partial charge in [0.2, 0.25) is 0 Å². The van der Waals surface area contributed by atoms with E-state index in [0.717, 1.165) is 18.4 Å². The second-order valence-corrected chi connectivity index (χ2v) is 5.27. The first kappa shape index (κ1) is 13.1. The molecule has 18 heavy (non-hydrogen) atoms. The van der Waals surface area contributed by atoms with Crippen LogP contribution in [0.4, 0.5) is 5.69 Å². The van der Waals surface area contributed by atoms with Crippen molar-refractivity contribution in [2.24, 2.45) is 0 Å². The molecule has 0 bridgehead atoms. The highest BCUT2D eigenvalue weighted by molar-refractivity contribution is 5.77. The van der Waals surface area contributed by atoms with Crippen LogP contribution in [0.1, 0.15) is 54.9 Å². The molecule has 0 aliphatic carbocycles. The van der Waals surface area contributed by atoms with Gasteiger partial charge in [-0.05, 0) is 49.9 Å². The van der Waals surface area contributed by atoms with Gasteiger partial charge in [-0.3, -0.25) is 4.79 Å². The lowest BCUT2D eigenvalue weighted by molar-refractivity contribution is 0.112.